The van der Waals surface area contributed by atoms with E-state index in [2.05, 4.69) is 5.32 Å². The van der Waals surface area contributed by atoms with Crippen molar-refractivity contribution in [3.05, 3.63) is 11.1 Å². The zero-order valence-electron chi connectivity index (χ0n) is 9.90. The molecule has 1 amide bonds. The SMILES string of the molecule is CC(C(=O)N[C@@H]1C[C@@H]1[C@@H]1C[C@@H]1C(=O)O)=C1CC1. The van der Waals surface area contributed by atoms with Crippen LogP contribution in [0.1, 0.15) is 32.6 Å². The van der Waals surface area contributed by atoms with Crippen LogP contribution in [0.25, 0.3) is 0 Å². The number of carbonyl (C=O) groups excluding carboxylic acids is 1. The van der Waals surface area contributed by atoms with E-state index in [1.54, 1.807) is 0 Å². The van der Waals surface area contributed by atoms with Crippen molar-refractivity contribution in [2.45, 2.75) is 38.6 Å². The summed E-state index contributed by atoms with van der Waals surface area (Å²) in [6, 6.07) is 0.228. The van der Waals surface area contributed by atoms with Crippen LogP contribution in [0.2, 0.25) is 0 Å². The Hall–Kier alpha value is -1.32. The largest absolute Gasteiger partial charge is 0.481 e. The molecule has 0 aromatic carbocycles. The molecular formula is C13H17NO3. The van der Waals surface area contributed by atoms with E-state index in [0.717, 1.165) is 31.3 Å². The molecule has 0 heterocycles. The highest BCUT2D eigenvalue weighted by atomic mass is 16.4. The summed E-state index contributed by atoms with van der Waals surface area (Å²) in [6.45, 7) is 1.88. The molecule has 3 aliphatic carbocycles. The first kappa shape index (κ1) is 10.8. The highest BCUT2D eigenvalue weighted by Gasteiger charge is 2.56. The Morgan fingerprint density at radius 2 is 1.94 bits per heavy atom. The highest BCUT2D eigenvalue weighted by molar-refractivity contribution is 5.94. The third kappa shape index (κ3) is 2.08. The van der Waals surface area contributed by atoms with Gasteiger partial charge in [0.1, 0.15) is 0 Å². The van der Waals surface area contributed by atoms with Crippen molar-refractivity contribution in [3.8, 4) is 0 Å². The first-order valence-corrected chi connectivity index (χ1v) is 6.30. The van der Waals surface area contributed by atoms with Crippen LogP contribution in [0.4, 0.5) is 0 Å². The number of hydrogen-bond donors (Lipinski definition) is 2. The zero-order chi connectivity index (χ0) is 12.2. The first-order chi connectivity index (χ1) is 8.08. The third-order valence-electron chi connectivity index (χ3n) is 4.23. The standard InChI is InChI=1S/C13H17NO3/c1-6(7-2-3-7)12(15)14-11-5-9(11)8-4-10(8)13(16)17/h8-11H,2-5H2,1H3,(H,14,15)(H,16,17)/t8-,9+,10-,11+/m0/s1. The molecule has 3 saturated carbocycles. The second-order valence-electron chi connectivity index (χ2n) is 5.55. The molecule has 4 nitrogen and oxygen atoms in total. The van der Waals surface area contributed by atoms with Crippen LogP contribution < -0.4 is 5.32 Å². The molecule has 3 fully saturated rings. The van der Waals surface area contributed by atoms with E-state index in [0.29, 0.717) is 11.8 Å². The average molecular weight is 235 g/mol. The third-order valence-corrected chi connectivity index (χ3v) is 4.23. The molecule has 0 bridgehead atoms. The van der Waals surface area contributed by atoms with E-state index in [1.807, 2.05) is 6.92 Å². The monoisotopic (exact) mass is 235 g/mol. The van der Waals surface area contributed by atoms with E-state index >= 15 is 0 Å². The van der Waals surface area contributed by atoms with Crippen molar-refractivity contribution in [1.82, 2.24) is 5.32 Å². The minimum absolute atomic E-state index is 0.0533. The second kappa shape index (κ2) is 3.59. The van der Waals surface area contributed by atoms with Crippen molar-refractivity contribution < 1.29 is 14.7 Å². The van der Waals surface area contributed by atoms with Gasteiger partial charge in [0.2, 0.25) is 5.91 Å². The summed E-state index contributed by atoms with van der Waals surface area (Å²) in [5.74, 6) is -0.0469. The molecule has 4 heteroatoms. The van der Waals surface area contributed by atoms with Gasteiger partial charge in [-0.15, -0.1) is 0 Å². The quantitative estimate of drug-likeness (QED) is 0.722. The van der Waals surface area contributed by atoms with Crippen LogP contribution >= 0.6 is 0 Å². The van der Waals surface area contributed by atoms with Gasteiger partial charge in [-0.25, -0.2) is 0 Å². The lowest BCUT2D eigenvalue weighted by molar-refractivity contribution is -0.138. The minimum Gasteiger partial charge on any atom is -0.481 e. The summed E-state index contributed by atoms with van der Waals surface area (Å²) in [4.78, 5) is 22.5. The number of nitrogens with one attached hydrogen (secondary N) is 1. The van der Waals surface area contributed by atoms with Gasteiger partial charge in [-0.3, -0.25) is 9.59 Å². The Morgan fingerprint density at radius 3 is 2.47 bits per heavy atom. The Morgan fingerprint density at radius 1 is 1.24 bits per heavy atom. The Balaban J connectivity index is 1.48. The lowest BCUT2D eigenvalue weighted by Crippen LogP contribution is -2.28. The molecule has 0 aliphatic heterocycles. The molecule has 17 heavy (non-hydrogen) atoms. The summed E-state index contributed by atoms with van der Waals surface area (Å²) >= 11 is 0. The molecule has 0 unspecified atom stereocenters. The summed E-state index contributed by atoms with van der Waals surface area (Å²) in [5, 5.41) is 11.9. The van der Waals surface area contributed by atoms with E-state index in [4.69, 9.17) is 5.11 Å². The zero-order valence-corrected chi connectivity index (χ0v) is 9.90. The fourth-order valence-electron chi connectivity index (χ4n) is 2.70. The fourth-order valence-corrected chi connectivity index (χ4v) is 2.70. The molecule has 3 aliphatic rings. The van der Waals surface area contributed by atoms with Crippen molar-refractivity contribution in [1.29, 1.82) is 0 Å². The molecule has 0 aromatic rings. The maximum absolute atomic E-state index is 11.8. The molecule has 4 atom stereocenters. The first-order valence-electron chi connectivity index (χ1n) is 6.30. The number of carboxylic acids is 1. The topological polar surface area (TPSA) is 66.4 Å². The van der Waals surface area contributed by atoms with Gasteiger partial charge in [0, 0.05) is 11.6 Å². The van der Waals surface area contributed by atoms with Gasteiger partial charge in [-0.1, -0.05) is 5.57 Å². The maximum atomic E-state index is 11.8. The molecule has 0 spiro atoms. The van der Waals surface area contributed by atoms with Crippen LogP contribution in [-0.2, 0) is 9.59 Å². The van der Waals surface area contributed by atoms with Gasteiger partial charge in [0.25, 0.3) is 0 Å². The lowest BCUT2D eigenvalue weighted by Gasteiger charge is -2.04. The van der Waals surface area contributed by atoms with Crippen molar-refractivity contribution in [2.24, 2.45) is 17.8 Å². The van der Waals surface area contributed by atoms with Crippen LogP contribution in [0.15, 0.2) is 11.1 Å². The number of aliphatic carboxylic acids is 1. The van der Waals surface area contributed by atoms with Crippen LogP contribution in [-0.4, -0.2) is 23.0 Å². The predicted octanol–water partition coefficient (Wildman–Crippen LogP) is 1.32. The van der Waals surface area contributed by atoms with Gasteiger partial charge in [-0.2, -0.15) is 0 Å². The van der Waals surface area contributed by atoms with Gasteiger partial charge >= 0.3 is 5.97 Å². The molecule has 2 N–H and O–H groups in total. The fraction of sp³-hybridized carbons (Fsp3) is 0.692. The van der Waals surface area contributed by atoms with Gasteiger partial charge in [-0.05, 0) is 44.4 Å². The molecule has 3 rings (SSSR count). The summed E-state index contributed by atoms with van der Waals surface area (Å²) in [6.07, 6.45) is 3.89. The molecule has 92 valence electrons. The maximum Gasteiger partial charge on any atom is 0.306 e. The predicted molar refractivity (Wildman–Crippen MR) is 61.2 cm³/mol. The van der Waals surface area contributed by atoms with Crippen molar-refractivity contribution in [2.75, 3.05) is 0 Å². The number of carboxylic acid groups (broad SMARTS) is 1. The summed E-state index contributed by atoms with van der Waals surface area (Å²) in [5.41, 5.74) is 2.15. The molecule has 0 aromatic heterocycles. The van der Waals surface area contributed by atoms with Gasteiger partial charge in [0.05, 0.1) is 5.92 Å². The second-order valence-corrected chi connectivity index (χ2v) is 5.55. The normalized spacial score (nSPS) is 37.4. The van der Waals surface area contributed by atoms with E-state index in [9.17, 15) is 9.59 Å². The van der Waals surface area contributed by atoms with E-state index in [-0.39, 0.29) is 17.9 Å². The lowest BCUT2D eigenvalue weighted by atomic mass is 10.2. The highest BCUT2D eigenvalue weighted by Crippen LogP contribution is 2.54. The summed E-state index contributed by atoms with van der Waals surface area (Å²) < 4.78 is 0. The number of hydrogen-bond acceptors (Lipinski definition) is 2. The van der Waals surface area contributed by atoms with Gasteiger partial charge in [0.15, 0.2) is 0 Å². The van der Waals surface area contributed by atoms with E-state index < -0.39 is 5.97 Å². The minimum atomic E-state index is -0.678. The average Bonchev–Trinajstić information content (AvgIpc) is 3.11. The van der Waals surface area contributed by atoms with Crippen LogP contribution in [0.5, 0.6) is 0 Å². The Labute approximate surface area is 100 Å². The van der Waals surface area contributed by atoms with Crippen LogP contribution in [0.3, 0.4) is 0 Å². The number of amides is 1. The van der Waals surface area contributed by atoms with E-state index in [1.165, 1.54) is 5.57 Å². The molecule has 0 saturated heterocycles. The molecule has 0 radical (unpaired) electrons. The molecular weight excluding hydrogens is 218 g/mol. The Bertz CT molecular complexity index is 420. The van der Waals surface area contributed by atoms with Crippen molar-refractivity contribution in [3.63, 3.8) is 0 Å². The Kier molecular flexibility index (Phi) is 2.28. The number of allylic oxidation sites excluding steroid dienone is 1. The smallest absolute Gasteiger partial charge is 0.306 e. The van der Waals surface area contributed by atoms with Crippen LogP contribution in [0, 0.1) is 17.8 Å². The van der Waals surface area contributed by atoms with Gasteiger partial charge < -0.3 is 10.4 Å². The number of carbonyl (C=O) groups is 2. The van der Waals surface area contributed by atoms with Crippen molar-refractivity contribution >= 4 is 11.9 Å². The summed E-state index contributed by atoms with van der Waals surface area (Å²) in [7, 11) is 0. The number of rotatable bonds is 4.